The number of nitrogens with two attached hydrogens (primary N) is 1. The second-order valence-corrected chi connectivity index (χ2v) is 7.39. The van der Waals surface area contributed by atoms with Crippen LogP contribution in [0, 0.1) is 0 Å². The molecule has 5 N–H and O–H groups in total. The van der Waals surface area contributed by atoms with Crippen molar-refractivity contribution >= 4 is 23.6 Å². The molecule has 8 heteroatoms. The zero-order chi connectivity index (χ0) is 21.2. The van der Waals surface area contributed by atoms with E-state index in [1.54, 1.807) is 0 Å². The highest BCUT2D eigenvalue weighted by atomic mass is 16.2. The van der Waals surface area contributed by atoms with Crippen LogP contribution in [0.15, 0.2) is 30.3 Å². The number of hydrogen-bond donors (Lipinski definition) is 4. The van der Waals surface area contributed by atoms with Gasteiger partial charge in [0.2, 0.25) is 23.6 Å². The molecule has 0 radical (unpaired) electrons. The minimum atomic E-state index is -0.969. The van der Waals surface area contributed by atoms with Gasteiger partial charge in [-0.3, -0.25) is 19.2 Å². The first kappa shape index (κ1) is 22.4. The van der Waals surface area contributed by atoms with Crippen LogP contribution in [0.5, 0.6) is 0 Å². The third-order valence-electron chi connectivity index (χ3n) is 4.96. The summed E-state index contributed by atoms with van der Waals surface area (Å²) in [5.41, 5.74) is 6.30. The number of primary amides is 1. The number of rotatable bonds is 11. The quantitative estimate of drug-likeness (QED) is 0.403. The Balaban J connectivity index is 1.84. The molecule has 3 atom stereocenters. The summed E-state index contributed by atoms with van der Waals surface area (Å²) in [6.07, 6.45) is 4.45. The number of carbonyl (C=O) groups is 4. The standard InChI is InChI=1S/C21H30N4O4/c1-2-3-4-8-11-15(19(22)27)23-18(26)13-17-21(29)24-16(20(28)25-17)12-14-9-6-5-7-10-14/h5-7,9-10,15-17H,2-4,8,11-13H2,1H3,(H2,22,27)(H,23,26)(H,24,29)(H,25,28)/t15-,16-,17-/m0/s1. The van der Waals surface area contributed by atoms with Crippen molar-refractivity contribution in [1.82, 2.24) is 16.0 Å². The molecule has 1 aromatic rings. The smallest absolute Gasteiger partial charge is 0.243 e. The van der Waals surface area contributed by atoms with Gasteiger partial charge in [-0.2, -0.15) is 0 Å². The third-order valence-corrected chi connectivity index (χ3v) is 4.96. The van der Waals surface area contributed by atoms with Crippen molar-refractivity contribution in [1.29, 1.82) is 0 Å². The first-order chi connectivity index (χ1) is 13.9. The number of benzene rings is 1. The maximum absolute atomic E-state index is 12.3. The van der Waals surface area contributed by atoms with Gasteiger partial charge in [0.25, 0.3) is 0 Å². The number of carbonyl (C=O) groups excluding carboxylic acids is 4. The lowest BCUT2D eigenvalue weighted by molar-refractivity contribution is -0.138. The monoisotopic (exact) mass is 402 g/mol. The Bertz CT molecular complexity index is 723. The average molecular weight is 402 g/mol. The lowest BCUT2D eigenvalue weighted by Crippen LogP contribution is -2.63. The van der Waals surface area contributed by atoms with E-state index in [1.165, 1.54) is 0 Å². The van der Waals surface area contributed by atoms with Crippen LogP contribution in [-0.4, -0.2) is 41.8 Å². The SMILES string of the molecule is CCCCCC[C@H](NC(=O)C[C@@H]1NC(=O)[C@H](Cc2ccccc2)NC1=O)C(N)=O. The number of hydrogen-bond acceptors (Lipinski definition) is 4. The van der Waals surface area contributed by atoms with Gasteiger partial charge in [0.1, 0.15) is 18.1 Å². The first-order valence-corrected chi connectivity index (χ1v) is 10.1. The Morgan fingerprint density at radius 2 is 1.69 bits per heavy atom. The van der Waals surface area contributed by atoms with Gasteiger partial charge in [0.15, 0.2) is 0 Å². The topological polar surface area (TPSA) is 130 Å². The first-order valence-electron chi connectivity index (χ1n) is 10.1. The van der Waals surface area contributed by atoms with Gasteiger partial charge in [-0.15, -0.1) is 0 Å². The predicted octanol–water partition coefficient (Wildman–Crippen LogP) is 0.543. The van der Waals surface area contributed by atoms with Crippen LogP contribution < -0.4 is 21.7 Å². The summed E-state index contributed by atoms with van der Waals surface area (Å²) in [6, 6.07) is 6.94. The highest BCUT2D eigenvalue weighted by Gasteiger charge is 2.35. The lowest BCUT2D eigenvalue weighted by atomic mass is 10.0. The van der Waals surface area contributed by atoms with Gasteiger partial charge in [-0.1, -0.05) is 62.9 Å². The molecule has 1 aliphatic rings. The molecule has 1 aliphatic heterocycles. The molecular weight excluding hydrogens is 372 g/mol. The van der Waals surface area contributed by atoms with Crippen LogP contribution in [-0.2, 0) is 25.6 Å². The summed E-state index contributed by atoms with van der Waals surface area (Å²) in [5.74, 6) is -1.85. The molecule has 0 aliphatic carbocycles. The zero-order valence-electron chi connectivity index (χ0n) is 16.8. The van der Waals surface area contributed by atoms with Crippen LogP contribution in [0.25, 0.3) is 0 Å². The summed E-state index contributed by atoms with van der Waals surface area (Å²) in [4.78, 5) is 48.6. The van der Waals surface area contributed by atoms with Crippen molar-refractivity contribution in [2.45, 2.75) is 70.0 Å². The maximum Gasteiger partial charge on any atom is 0.243 e. The fraction of sp³-hybridized carbons (Fsp3) is 0.524. The average Bonchev–Trinajstić information content (AvgIpc) is 2.68. The zero-order valence-corrected chi connectivity index (χ0v) is 16.8. The van der Waals surface area contributed by atoms with Gasteiger partial charge < -0.3 is 21.7 Å². The van der Waals surface area contributed by atoms with E-state index in [2.05, 4.69) is 22.9 Å². The minimum Gasteiger partial charge on any atom is -0.368 e. The van der Waals surface area contributed by atoms with Gasteiger partial charge in [0.05, 0.1) is 6.42 Å². The molecule has 1 fully saturated rings. The molecule has 0 bridgehead atoms. The molecule has 4 amide bonds. The normalized spacial score (nSPS) is 19.8. The van der Waals surface area contributed by atoms with Crippen molar-refractivity contribution in [3.63, 3.8) is 0 Å². The number of amides is 4. The van der Waals surface area contributed by atoms with Crippen molar-refractivity contribution in [2.24, 2.45) is 5.73 Å². The second kappa shape index (κ2) is 11.2. The molecular formula is C21H30N4O4. The van der Waals surface area contributed by atoms with Crippen molar-refractivity contribution < 1.29 is 19.2 Å². The predicted molar refractivity (Wildman–Crippen MR) is 109 cm³/mol. The third kappa shape index (κ3) is 7.21. The Morgan fingerprint density at radius 1 is 1.03 bits per heavy atom. The van der Waals surface area contributed by atoms with Crippen LogP contribution in [0.3, 0.4) is 0 Å². The molecule has 1 heterocycles. The van der Waals surface area contributed by atoms with Crippen molar-refractivity contribution in [3.8, 4) is 0 Å². The minimum absolute atomic E-state index is 0.242. The van der Waals surface area contributed by atoms with E-state index in [0.717, 1.165) is 31.2 Å². The second-order valence-electron chi connectivity index (χ2n) is 7.39. The van der Waals surface area contributed by atoms with Crippen LogP contribution in [0.1, 0.15) is 51.0 Å². The molecule has 0 saturated carbocycles. The van der Waals surface area contributed by atoms with Gasteiger partial charge >= 0.3 is 0 Å². The Morgan fingerprint density at radius 3 is 2.34 bits per heavy atom. The van der Waals surface area contributed by atoms with Crippen molar-refractivity contribution in [3.05, 3.63) is 35.9 Å². The van der Waals surface area contributed by atoms with E-state index in [1.807, 2.05) is 30.3 Å². The molecule has 158 valence electrons. The van der Waals surface area contributed by atoms with E-state index in [-0.39, 0.29) is 12.3 Å². The van der Waals surface area contributed by atoms with Gasteiger partial charge in [0, 0.05) is 6.42 Å². The molecule has 0 aromatic heterocycles. The lowest BCUT2D eigenvalue weighted by Gasteiger charge is -2.29. The molecule has 8 nitrogen and oxygen atoms in total. The van der Waals surface area contributed by atoms with Gasteiger partial charge in [-0.05, 0) is 12.0 Å². The van der Waals surface area contributed by atoms with E-state index in [9.17, 15) is 19.2 Å². The Labute approximate surface area is 171 Å². The van der Waals surface area contributed by atoms with E-state index >= 15 is 0 Å². The highest BCUT2D eigenvalue weighted by molar-refractivity contribution is 5.99. The van der Waals surface area contributed by atoms with Crippen LogP contribution >= 0.6 is 0 Å². The van der Waals surface area contributed by atoms with Gasteiger partial charge in [-0.25, -0.2) is 0 Å². The summed E-state index contributed by atoms with van der Waals surface area (Å²) >= 11 is 0. The Hall–Kier alpha value is -2.90. The maximum atomic E-state index is 12.3. The fourth-order valence-corrected chi connectivity index (χ4v) is 3.31. The largest absolute Gasteiger partial charge is 0.368 e. The summed E-state index contributed by atoms with van der Waals surface area (Å²) in [7, 11) is 0. The summed E-state index contributed by atoms with van der Waals surface area (Å²) < 4.78 is 0. The molecule has 0 spiro atoms. The van der Waals surface area contributed by atoms with Crippen LogP contribution in [0.4, 0.5) is 0 Å². The number of piperazine rings is 1. The van der Waals surface area contributed by atoms with E-state index in [4.69, 9.17) is 5.73 Å². The molecule has 2 rings (SSSR count). The summed E-state index contributed by atoms with van der Waals surface area (Å²) in [5, 5.41) is 7.86. The Kier molecular flexibility index (Phi) is 8.64. The molecule has 0 unspecified atom stereocenters. The van der Waals surface area contributed by atoms with Crippen LogP contribution in [0.2, 0.25) is 0 Å². The highest BCUT2D eigenvalue weighted by Crippen LogP contribution is 2.10. The van der Waals surface area contributed by atoms with E-state index in [0.29, 0.717) is 12.8 Å². The van der Waals surface area contributed by atoms with Crippen molar-refractivity contribution in [2.75, 3.05) is 0 Å². The number of unbranched alkanes of at least 4 members (excludes halogenated alkanes) is 3. The summed E-state index contributed by atoms with van der Waals surface area (Å²) in [6.45, 7) is 2.08. The molecule has 1 saturated heterocycles. The van der Waals surface area contributed by atoms with E-state index < -0.39 is 35.8 Å². The molecule has 1 aromatic carbocycles. The number of nitrogens with one attached hydrogen (secondary N) is 3. The molecule has 29 heavy (non-hydrogen) atoms. The fourth-order valence-electron chi connectivity index (χ4n) is 3.31.